The number of ether oxygens (including phenoxy) is 1. The molecule has 0 spiro atoms. The Hall–Kier alpha value is -1.07. The fourth-order valence-corrected chi connectivity index (χ4v) is 2.74. The molecule has 0 aromatic carbocycles. The molecule has 1 aromatic rings. The van der Waals surface area contributed by atoms with Crippen LogP contribution in [-0.4, -0.2) is 35.3 Å². The Morgan fingerprint density at radius 1 is 1.31 bits per heavy atom. The van der Waals surface area contributed by atoms with Crippen LogP contribution in [0.4, 0.5) is 11.8 Å². The Morgan fingerprint density at radius 3 is 2.62 bits per heavy atom. The fraction of sp³-hybridized carbons (Fsp3) is 0.600. The van der Waals surface area contributed by atoms with Gasteiger partial charge >= 0.3 is 0 Å². The molecule has 2 atom stereocenters. The number of nitrogen functional groups attached to an aromatic ring is 1. The number of halogens is 1. The third-order valence-corrected chi connectivity index (χ3v) is 3.40. The van der Waals surface area contributed by atoms with Gasteiger partial charge in [-0.3, -0.25) is 0 Å². The zero-order valence-electron chi connectivity index (χ0n) is 8.77. The van der Waals surface area contributed by atoms with Crippen molar-refractivity contribution in [2.24, 2.45) is 0 Å². The Morgan fingerprint density at radius 2 is 2.00 bits per heavy atom. The van der Waals surface area contributed by atoms with Crippen molar-refractivity contribution >= 4 is 23.4 Å². The van der Waals surface area contributed by atoms with Crippen molar-refractivity contribution in [3.8, 4) is 0 Å². The van der Waals surface area contributed by atoms with Crippen molar-refractivity contribution < 1.29 is 4.74 Å². The summed E-state index contributed by atoms with van der Waals surface area (Å²) in [6.45, 7) is 1.52. The second-order valence-corrected chi connectivity index (χ2v) is 4.62. The number of morpholine rings is 1. The molecule has 5 nitrogen and oxygen atoms in total. The highest BCUT2D eigenvalue weighted by molar-refractivity contribution is 6.29. The van der Waals surface area contributed by atoms with Crippen LogP contribution in [0.25, 0.3) is 0 Å². The van der Waals surface area contributed by atoms with Gasteiger partial charge in [0.1, 0.15) is 11.0 Å². The molecule has 0 aliphatic carbocycles. The summed E-state index contributed by atoms with van der Waals surface area (Å²) in [4.78, 5) is 10.4. The van der Waals surface area contributed by atoms with E-state index in [9.17, 15) is 0 Å². The molecule has 2 fully saturated rings. The van der Waals surface area contributed by atoms with Crippen LogP contribution in [-0.2, 0) is 4.74 Å². The van der Waals surface area contributed by atoms with Gasteiger partial charge in [-0.2, -0.15) is 4.98 Å². The van der Waals surface area contributed by atoms with Crippen LogP contribution >= 0.6 is 11.6 Å². The van der Waals surface area contributed by atoms with E-state index in [0.717, 1.165) is 31.9 Å². The predicted octanol–water partition coefficient (Wildman–Crippen LogP) is 1.08. The first-order chi connectivity index (χ1) is 7.74. The third-order valence-electron chi connectivity index (χ3n) is 3.20. The van der Waals surface area contributed by atoms with E-state index in [2.05, 4.69) is 14.9 Å². The quantitative estimate of drug-likeness (QED) is 0.745. The number of fused-ring (bicyclic) bond motifs is 2. The summed E-state index contributed by atoms with van der Waals surface area (Å²) in [5, 5.41) is 0.397. The summed E-state index contributed by atoms with van der Waals surface area (Å²) in [7, 11) is 0. The van der Waals surface area contributed by atoms with Gasteiger partial charge in [0.15, 0.2) is 0 Å². The maximum Gasteiger partial charge on any atom is 0.223 e. The highest BCUT2D eigenvalue weighted by atomic mass is 35.5. The number of anilines is 2. The van der Waals surface area contributed by atoms with Gasteiger partial charge < -0.3 is 15.4 Å². The zero-order chi connectivity index (χ0) is 11.1. The van der Waals surface area contributed by atoms with Crippen molar-refractivity contribution in [2.75, 3.05) is 23.8 Å². The Bertz CT molecular complexity index is 378. The van der Waals surface area contributed by atoms with E-state index in [1.165, 1.54) is 0 Å². The minimum Gasteiger partial charge on any atom is -0.377 e. The number of nitrogens with two attached hydrogens (primary N) is 1. The van der Waals surface area contributed by atoms with Crippen molar-refractivity contribution in [2.45, 2.75) is 24.9 Å². The van der Waals surface area contributed by atoms with E-state index in [0.29, 0.717) is 17.2 Å². The molecule has 2 N–H and O–H groups in total. The maximum absolute atomic E-state index is 5.90. The summed E-state index contributed by atoms with van der Waals surface area (Å²) in [6, 6.07) is 2.59. The van der Waals surface area contributed by atoms with Gasteiger partial charge in [-0.1, -0.05) is 11.6 Å². The Balaban J connectivity index is 1.97. The van der Waals surface area contributed by atoms with E-state index in [1.807, 2.05) is 0 Å². The molecule has 0 amide bonds. The number of hydrogen-bond acceptors (Lipinski definition) is 5. The summed E-state index contributed by atoms with van der Waals surface area (Å²) >= 11 is 5.90. The molecule has 2 saturated heterocycles. The summed E-state index contributed by atoms with van der Waals surface area (Å²) in [5.41, 5.74) is 5.61. The molecule has 2 aliphatic rings. The van der Waals surface area contributed by atoms with Crippen LogP contribution in [0.3, 0.4) is 0 Å². The monoisotopic (exact) mass is 240 g/mol. The van der Waals surface area contributed by atoms with Gasteiger partial charge in [-0.25, -0.2) is 4.98 Å². The molecular formula is C10H13ClN4O. The van der Waals surface area contributed by atoms with E-state index in [-0.39, 0.29) is 5.95 Å². The average molecular weight is 241 g/mol. The lowest BCUT2D eigenvalue weighted by Gasteiger charge is -2.35. The highest BCUT2D eigenvalue weighted by Gasteiger charge is 2.38. The second-order valence-electron chi connectivity index (χ2n) is 4.24. The fourth-order valence-electron chi connectivity index (χ4n) is 2.56. The molecule has 86 valence electrons. The van der Waals surface area contributed by atoms with E-state index in [4.69, 9.17) is 22.1 Å². The molecule has 2 bridgehead atoms. The molecule has 16 heavy (non-hydrogen) atoms. The van der Waals surface area contributed by atoms with E-state index >= 15 is 0 Å². The lowest BCUT2D eigenvalue weighted by molar-refractivity contribution is 0.0902. The van der Waals surface area contributed by atoms with Gasteiger partial charge in [0.25, 0.3) is 0 Å². The van der Waals surface area contributed by atoms with Crippen molar-refractivity contribution in [3.63, 3.8) is 0 Å². The topological polar surface area (TPSA) is 64.3 Å². The van der Waals surface area contributed by atoms with Gasteiger partial charge in [-0.05, 0) is 12.8 Å². The normalized spacial score (nSPS) is 28.4. The van der Waals surface area contributed by atoms with E-state index in [1.54, 1.807) is 6.07 Å². The molecular weight excluding hydrogens is 228 g/mol. The lowest BCUT2D eigenvalue weighted by Crippen LogP contribution is -2.46. The van der Waals surface area contributed by atoms with Crippen LogP contribution in [0.5, 0.6) is 0 Å². The van der Waals surface area contributed by atoms with Crippen LogP contribution in [0.1, 0.15) is 12.8 Å². The SMILES string of the molecule is Nc1nc(Cl)cc(N2C3CCC2COC3)n1. The number of rotatable bonds is 1. The summed E-state index contributed by atoms with van der Waals surface area (Å²) in [6.07, 6.45) is 2.29. The molecule has 0 saturated carbocycles. The molecule has 3 heterocycles. The maximum atomic E-state index is 5.90. The molecule has 3 rings (SSSR count). The third kappa shape index (κ3) is 1.60. The Kier molecular flexibility index (Phi) is 2.37. The summed E-state index contributed by atoms with van der Waals surface area (Å²) < 4.78 is 5.52. The number of hydrogen-bond donors (Lipinski definition) is 1. The van der Waals surface area contributed by atoms with E-state index < -0.39 is 0 Å². The van der Waals surface area contributed by atoms with Crippen LogP contribution < -0.4 is 10.6 Å². The first-order valence-electron chi connectivity index (χ1n) is 5.40. The average Bonchev–Trinajstić information content (AvgIpc) is 2.47. The van der Waals surface area contributed by atoms with Crippen LogP contribution in [0.2, 0.25) is 5.15 Å². The van der Waals surface area contributed by atoms with Gasteiger partial charge in [0.2, 0.25) is 5.95 Å². The number of nitrogens with zero attached hydrogens (tertiary/aromatic N) is 3. The highest BCUT2D eigenvalue weighted by Crippen LogP contribution is 2.33. The zero-order valence-corrected chi connectivity index (χ0v) is 9.52. The number of aromatic nitrogens is 2. The molecule has 0 radical (unpaired) electrons. The van der Waals surface area contributed by atoms with Crippen LogP contribution in [0, 0.1) is 0 Å². The standard InChI is InChI=1S/C10H13ClN4O/c11-8-3-9(14-10(12)13-8)15-6-1-2-7(15)5-16-4-6/h3,6-7H,1-2,4-5H2,(H2,12,13,14). The second kappa shape index (κ2) is 3.75. The first-order valence-corrected chi connectivity index (χ1v) is 5.78. The van der Waals surface area contributed by atoms with Crippen molar-refractivity contribution in [1.82, 2.24) is 9.97 Å². The molecule has 2 unspecified atom stereocenters. The largest absolute Gasteiger partial charge is 0.377 e. The van der Waals surface area contributed by atoms with Gasteiger partial charge in [-0.15, -0.1) is 0 Å². The van der Waals surface area contributed by atoms with Gasteiger partial charge in [0.05, 0.1) is 25.3 Å². The smallest absolute Gasteiger partial charge is 0.223 e. The molecule has 1 aromatic heterocycles. The van der Waals surface area contributed by atoms with Crippen molar-refractivity contribution in [3.05, 3.63) is 11.2 Å². The summed E-state index contributed by atoms with van der Waals surface area (Å²) in [5.74, 6) is 1.06. The lowest BCUT2D eigenvalue weighted by atomic mass is 10.2. The Labute approximate surface area is 98.6 Å². The van der Waals surface area contributed by atoms with Crippen molar-refractivity contribution in [1.29, 1.82) is 0 Å². The molecule has 2 aliphatic heterocycles. The van der Waals surface area contributed by atoms with Crippen LogP contribution in [0.15, 0.2) is 6.07 Å². The van der Waals surface area contributed by atoms with Gasteiger partial charge in [0, 0.05) is 6.07 Å². The predicted molar refractivity (Wildman–Crippen MR) is 61.6 cm³/mol. The minimum atomic E-state index is 0.230. The minimum absolute atomic E-state index is 0.230. The molecule has 6 heteroatoms. The first kappa shape index (κ1) is 10.1.